The molecule has 0 bridgehead atoms. The monoisotopic (exact) mass is 314 g/mol. The molecule has 0 radical (unpaired) electrons. The molecule has 4 rings (SSSR count). The van der Waals surface area contributed by atoms with Crippen molar-refractivity contribution < 1.29 is 4.74 Å². The molecular formula is C16H15ClN4O. The van der Waals surface area contributed by atoms with Gasteiger partial charge in [0, 0.05) is 17.9 Å². The number of benzene rings is 1. The Morgan fingerprint density at radius 3 is 2.86 bits per heavy atom. The first-order chi connectivity index (χ1) is 10.8. The van der Waals surface area contributed by atoms with Crippen molar-refractivity contribution in [2.45, 2.75) is 18.9 Å². The molecule has 2 heterocycles. The van der Waals surface area contributed by atoms with Crippen molar-refractivity contribution in [3.8, 4) is 5.75 Å². The van der Waals surface area contributed by atoms with E-state index in [0.29, 0.717) is 16.8 Å². The summed E-state index contributed by atoms with van der Waals surface area (Å²) in [5.74, 6) is 1.44. The fourth-order valence-corrected chi connectivity index (χ4v) is 2.86. The van der Waals surface area contributed by atoms with Gasteiger partial charge in [0.2, 0.25) is 0 Å². The number of hydrogen-bond donors (Lipinski definition) is 1. The van der Waals surface area contributed by atoms with Crippen LogP contribution in [0.2, 0.25) is 5.02 Å². The zero-order chi connectivity index (χ0) is 15.1. The Kier molecular flexibility index (Phi) is 3.15. The normalized spacial score (nSPS) is 14.3. The molecule has 1 aliphatic carbocycles. The number of rotatable bonds is 4. The average Bonchev–Trinajstić information content (AvgIpc) is 3.27. The third kappa shape index (κ3) is 2.27. The van der Waals surface area contributed by atoms with Gasteiger partial charge in [-0.2, -0.15) is 0 Å². The van der Waals surface area contributed by atoms with Crippen LogP contribution in [-0.2, 0) is 0 Å². The highest BCUT2D eigenvalue weighted by Crippen LogP contribution is 2.38. The maximum Gasteiger partial charge on any atom is 0.145 e. The Labute approximate surface area is 132 Å². The third-order valence-electron chi connectivity index (χ3n) is 3.86. The molecule has 22 heavy (non-hydrogen) atoms. The minimum atomic E-state index is 0.563. The fraction of sp³-hybridized carbons (Fsp3) is 0.250. The molecule has 1 aromatic carbocycles. The quantitative estimate of drug-likeness (QED) is 0.785. The standard InChI is InChI=1S/C16H15ClN4O/c1-22-14-5-2-10(8-13(14)17)20-15-12-6-7-21(11-3-4-11)16(12)19-9-18-15/h2,5-9,11H,3-4H2,1H3,(H,18,19,20). The molecule has 112 valence electrons. The number of aromatic nitrogens is 3. The lowest BCUT2D eigenvalue weighted by molar-refractivity contribution is 0.415. The fourth-order valence-electron chi connectivity index (χ4n) is 2.60. The largest absolute Gasteiger partial charge is 0.495 e. The lowest BCUT2D eigenvalue weighted by atomic mass is 10.3. The van der Waals surface area contributed by atoms with E-state index in [4.69, 9.17) is 16.3 Å². The number of ether oxygens (including phenoxy) is 1. The van der Waals surface area contributed by atoms with E-state index in [0.717, 1.165) is 22.5 Å². The van der Waals surface area contributed by atoms with Crippen molar-refractivity contribution in [3.63, 3.8) is 0 Å². The summed E-state index contributed by atoms with van der Waals surface area (Å²) in [5.41, 5.74) is 1.84. The number of methoxy groups -OCH3 is 1. The van der Waals surface area contributed by atoms with Crippen LogP contribution in [-0.4, -0.2) is 21.6 Å². The van der Waals surface area contributed by atoms with Gasteiger partial charge in [-0.1, -0.05) is 11.6 Å². The molecule has 0 amide bonds. The summed E-state index contributed by atoms with van der Waals surface area (Å²) in [4.78, 5) is 8.77. The van der Waals surface area contributed by atoms with E-state index in [2.05, 4.69) is 32.1 Å². The molecule has 1 aliphatic rings. The highest BCUT2D eigenvalue weighted by Gasteiger charge is 2.25. The maximum atomic E-state index is 6.17. The predicted octanol–water partition coefficient (Wildman–Crippen LogP) is 4.17. The summed E-state index contributed by atoms with van der Waals surface area (Å²) in [6, 6.07) is 8.22. The number of fused-ring (bicyclic) bond motifs is 1. The van der Waals surface area contributed by atoms with Crippen molar-refractivity contribution in [1.82, 2.24) is 14.5 Å². The number of hydrogen-bond acceptors (Lipinski definition) is 4. The van der Waals surface area contributed by atoms with Gasteiger partial charge in [0.15, 0.2) is 0 Å². The van der Waals surface area contributed by atoms with Gasteiger partial charge in [-0.25, -0.2) is 9.97 Å². The van der Waals surface area contributed by atoms with Crippen LogP contribution in [0.5, 0.6) is 5.75 Å². The average molecular weight is 315 g/mol. The van der Waals surface area contributed by atoms with E-state index in [1.165, 1.54) is 12.8 Å². The lowest BCUT2D eigenvalue weighted by Gasteiger charge is -2.09. The van der Waals surface area contributed by atoms with E-state index in [-0.39, 0.29) is 0 Å². The van der Waals surface area contributed by atoms with Crippen LogP contribution in [0.4, 0.5) is 11.5 Å². The van der Waals surface area contributed by atoms with Gasteiger partial charge in [0.1, 0.15) is 23.5 Å². The summed E-state index contributed by atoms with van der Waals surface area (Å²) in [7, 11) is 1.60. The molecule has 6 heteroatoms. The van der Waals surface area contributed by atoms with Gasteiger partial charge in [0.25, 0.3) is 0 Å². The van der Waals surface area contributed by atoms with Gasteiger partial charge in [-0.3, -0.25) is 0 Å². The zero-order valence-corrected chi connectivity index (χ0v) is 12.8. The molecule has 2 aromatic heterocycles. The number of anilines is 2. The molecule has 0 unspecified atom stereocenters. The Hall–Kier alpha value is -2.27. The van der Waals surface area contributed by atoms with Gasteiger partial charge in [0.05, 0.1) is 17.5 Å². The van der Waals surface area contributed by atoms with Crippen molar-refractivity contribution in [2.24, 2.45) is 0 Å². The summed E-state index contributed by atoms with van der Waals surface area (Å²) in [5, 5.41) is 4.89. The van der Waals surface area contributed by atoms with E-state index in [1.807, 2.05) is 18.2 Å². The lowest BCUT2D eigenvalue weighted by Crippen LogP contribution is -1.98. The molecule has 1 fully saturated rings. The van der Waals surface area contributed by atoms with Crippen LogP contribution in [0.15, 0.2) is 36.8 Å². The Morgan fingerprint density at radius 1 is 1.27 bits per heavy atom. The second-order valence-electron chi connectivity index (χ2n) is 5.39. The first-order valence-electron chi connectivity index (χ1n) is 7.18. The molecule has 0 spiro atoms. The van der Waals surface area contributed by atoms with Crippen LogP contribution < -0.4 is 10.1 Å². The third-order valence-corrected chi connectivity index (χ3v) is 4.16. The summed E-state index contributed by atoms with van der Waals surface area (Å²) in [6.45, 7) is 0. The van der Waals surface area contributed by atoms with E-state index in [9.17, 15) is 0 Å². The molecule has 0 atom stereocenters. The van der Waals surface area contributed by atoms with Gasteiger partial charge >= 0.3 is 0 Å². The summed E-state index contributed by atoms with van der Waals surface area (Å²) < 4.78 is 7.39. The number of nitrogens with one attached hydrogen (secondary N) is 1. The van der Waals surface area contributed by atoms with Crippen LogP contribution in [0.25, 0.3) is 11.0 Å². The Bertz CT molecular complexity index is 841. The molecule has 5 nitrogen and oxygen atoms in total. The number of nitrogens with zero attached hydrogens (tertiary/aromatic N) is 3. The Morgan fingerprint density at radius 2 is 2.14 bits per heavy atom. The molecule has 0 aliphatic heterocycles. The van der Waals surface area contributed by atoms with E-state index in [1.54, 1.807) is 13.4 Å². The maximum absolute atomic E-state index is 6.17. The molecule has 1 saturated carbocycles. The van der Waals surface area contributed by atoms with Gasteiger partial charge in [-0.05, 0) is 37.1 Å². The summed E-state index contributed by atoms with van der Waals surface area (Å²) in [6.07, 6.45) is 6.13. The first kappa shape index (κ1) is 13.4. The smallest absolute Gasteiger partial charge is 0.145 e. The number of halogens is 1. The van der Waals surface area contributed by atoms with Crippen molar-refractivity contribution in [1.29, 1.82) is 0 Å². The molecule has 1 N–H and O–H groups in total. The zero-order valence-electron chi connectivity index (χ0n) is 12.1. The minimum Gasteiger partial charge on any atom is -0.495 e. The topological polar surface area (TPSA) is 52.0 Å². The highest BCUT2D eigenvalue weighted by molar-refractivity contribution is 6.32. The van der Waals surface area contributed by atoms with E-state index >= 15 is 0 Å². The van der Waals surface area contributed by atoms with Gasteiger partial charge < -0.3 is 14.6 Å². The molecule has 3 aromatic rings. The molecule has 0 saturated heterocycles. The second kappa shape index (κ2) is 5.18. The van der Waals surface area contributed by atoms with E-state index < -0.39 is 0 Å². The summed E-state index contributed by atoms with van der Waals surface area (Å²) >= 11 is 6.17. The SMILES string of the molecule is COc1ccc(Nc2ncnc3c2ccn3C2CC2)cc1Cl. The van der Waals surface area contributed by atoms with Crippen LogP contribution in [0, 0.1) is 0 Å². The molecular weight excluding hydrogens is 300 g/mol. The Balaban J connectivity index is 1.70. The van der Waals surface area contributed by atoms with Crippen molar-refractivity contribution in [3.05, 3.63) is 41.8 Å². The van der Waals surface area contributed by atoms with Crippen molar-refractivity contribution >= 4 is 34.1 Å². The van der Waals surface area contributed by atoms with Crippen LogP contribution in [0.1, 0.15) is 18.9 Å². The van der Waals surface area contributed by atoms with Crippen LogP contribution in [0.3, 0.4) is 0 Å². The second-order valence-corrected chi connectivity index (χ2v) is 5.80. The van der Waals surface area contributed by atoms with Crippen molar-refractivity contribution in [2.75, 3.05) is 12.4 Å². The highest BCUT2D eigenvalue weighted by atomic mass is 35.5. The van der Waals surface area contributed by atoms with Gasteiger partial charge in [-0.15, -0.1) is 0 Å². The minimum absolute atomic E-state index is 0.563. The predicted molar refractivity (Wildman–Crippen MR) is 87.1 cm³/mol. The first-order valence-corrected chi connectivity index (χ1v) is 7.56. The van der Waals surface area contributed by atoms with Crippen LogP contribution >= 0.6 is 11.6 Å².